The van der Waals surface area contributed by atoms with Gasteiger partial charge in [0.2, 0.25) is 0 Å². The molecule has 0 N–H and O–H groups in total. The van der Waals surface area contributed by atoms with Gasteiger partial charge >= 0.3 is 0 Å². The Morgan fingerprint density at radius 1 is 1.70 bits per heavy atom. The number of nitrogens with zero attached hydrogens (tertiary/aromatic N) is 1. The van der Waals surface area contributed by atoms with Gasteiger partial charge in [0.15, 0.2) is 11.9 Å². The maximum Gasteiger partial charge on any atom is 0.174 e. The summed E-state index contributed by atoms with van der Waals surface area (Å²) >= 11 is 0. The van der Waals surface area contributed by atoms with Crippen molar-refractivity contribution >= 4 is 0 Å². The van der Waals surface area contributed by atoms with Crippen LogP contribution in [0.4, 0.5) is 4.39 Å². The smallest absolute Gasteiger partial charge is 0.174 e. The van der Waals surface area contributed by atoms with Gasteiger partial charge in [0.05, 0.1) is 5.69 Å². The number of fused-ring (bicyclic) bond motifs is 1. The summed E-state index contributed by atoms with van der Waals surface area (Å²) in [6.45, 7) is 1.85. The standard InChI is InChI=1S/C7H8FNO/c1-4-5-2-3-6(8)7(5)10-9-4/h6H,2-3H2,1H3. The second-order valence-electron chi connectivity index (χ2n) is 2.62. The van der Waals surface area contributed by atoms with E-state index in [0.717, 1.165) is 17.7 Å². The fourth-order valence-corrected chi connectivity index (χ4v) is 1.36. The highest BCUT2D eigenvalue weighted by molar-refractivity contribution is 5.27. The Bertz CT molecular complexity index is 256. The monoisotopic (exact) mass is 141 g/mol. The molecule has 3 heteroatoms. The van der Waals surface area contributed by atoms with Gasteiger partial charge in [-0.15, -0.1) is 0 Å². The van der Waals surface area contributed by atoms with E-state index < -0.39 is 6.17 Å². The molecule has 0 saturated heterocycles. The number of aromatic nitrogens is 1. The average Bonchev–Trinajstić information content (AvgIpc) is 2.41. The third kappa shape index (κ3) is 0.602. The molecule has 1 aromatic rings. The van der Waals surface area contributed by atoms with E-state index in [4.69, 9.17) is 4.52 Å². The van der Waals surface area contributed by atoms with Crippen LogP contribution in [0.2, 0.25) is 0 Å². The summed E-state index contributed by atoms with van der Waals surface area (Å²) in [5, 5.41) is 3.67. The molecule has 1 heterocycles. The van der Waals surface area contributed by atoms with Gasteiger partial charge in [0.25, 0.3) is 0 Å². The third-order valence-electron chi connectivity index (χ3n) is 1.95. The Balaban J connectivity index is 2.53. The lowest BCUT2D eigenvalue weighted by Gasteiger charge is -1.89. The molecular weight excluding hydrogens is 133 g/mol. The van der Waals surface area contributed by atoms with Gasteiger partial charge in [0.1, 0.15) is 0 Å². The summed E-state index contributed by atoms with van der Waals surface area (Å²) in [6, 6.07) is 0. The van der Waals surface area contributed by atoms with E-state index in [9.17, 15) is 4.39 Å². The Labute approximate surface area is 58.0 Å². The predicted molar refractivity (Wildman–Crippen MR) is 33.4 cm³/mol. The first-order valence-corrected chi connectivity index (χ1v) is 3.38. The van der Waals surface area contributed by atoms with E-state index >= 15 is 0 Å². The number of halogens is 1. The van der Waals surface area contributed by atoms with Crippen LogP contribution in [0.3, 0.4) is 0 Å². The van der Waals surface area contributed by atoms with E-state index in [2.05, 4.69) is 5.16 Å². The molecular formula is C7H8FNO. The quantitative estimate of drug-likeness (QED) is 0.551. The number of rotatable bonds is 0. The highest BCUT2D eigenvalue weighted by atomic mass is 19.1. The number of hydrogen-bond acceptors (Lipinski definition) is 2. The van der Waals surface area contributed by atoms with Gasteiger partial charge in [-0.2, -0.15) is 0 Å². The predicted octanol–water partition coefficient (Wildman–Crippen LogP) is 1.94. The van der Waals surface area contributed by atoms with Crippen LogP contribution in [-0.4, -0.2) is 5.16 Å². The Morgan fingerprint density at radius 3 is 3.20 bits per heavy atom. The molecule has 0 bridgehead atoms. The van der Waals surface area contributed by atoms with Crippen molar-refractivity contribution < 1.29 is 8.91 Å². The molecule has 1 unspecified atom stereocenters. The SMILES string of the molecule is Cc1noc2c1CCC2F. The van der Waals surface area contributed by atoms with Crippen LogP contribution in [0.1, 0.15) is 29.6 Å². The van der Waals surface area contributed by atoms with Crippen LogP contribution in [0.25, 0.3) is 0 Å². The highest BCUT2D eigenvalue weighted by Gasteiger charge is 2.28. The molecule has 1 aliphatic rings. The lowest BCUT2D eigenvalue weighted by atomic mass is 10.2. The zero-order valence-corrected chi connectivity index (χ0v) is 5.72. The van der Waals surface area contributed by atoms with Crippen molar-refractivity contribution in [1.82, 2.24) is 5.16 Å². The van der Waals surface area contributed by atoms with Gasteiger partial charge in [-0.1, -0.05) is 5.16 Å². The summed E-state index contributed by atoms with van der Waals surface area (Å²) in [5.41, 5.74) is 1.82. The largest absolute Gasteiger partial charge is 0.358 e. The lowest BCUT2D eigenvalue weighted by Crippen LogP contribution is -1.79. The minimum Gasteiger partial charge on any atom is -0.358 e. The lowest BCUT2D eigenvalue weighted by molar-refractivity contribution is 0.259. The van der Waals surface area contributed by atoms with Gasteiger partial charge < -0.3 is 4.52 Å². The van der Waals surface area contributed by atoms with Crippen molar-refractivity contribution in [2.24, 2.45) is 0 Å². The van der Waals surface area contributed by atoms with Gasteiger partial charge in [0, 0.05) is 5.56 Å². The molecule has 1 atom stereocenters. The van der Waals surface area contributed by atoms with Crippen molar-refractivity contribution in [3.8, 4) is 0 Å². The van der Waals surface area contributed by atoms with Crippen molar-refractivity contribution in [2.75, 3.05) is 0 Å². The molecule has 54 valence electrons. The van der Waals surface area contributed by atoms with E-state index in [0.29, 0.717) is 12.2 Å². The maximum atomic E-state index is 12.8. The van der Waals surface area contributed by atoms with E-state index in [-0.39, 0.29) is 0 Å². The van der Waals surface area contributed by atoms with Crippen LogP contribution >= 0.6 is 0 Å². The molecule has 0 fully saturated rings. The first-order valence-electron chi connectivity index (χ1n) is 3.38. The molecule has 0 spiro atoms. The number of hydrogen-bond donors (Lipinski definition) is 0. The number of aryl methyl sites for hydroxylation is 1. The van der Waals surface area contributed by atoms with E-state index in [1.54, 1.807) is 0 Å². The van der Waals surface area contributed by atoms with Crippen LogP contribution in [0.5, 0.6) is 0 Å². The van der Waals surface area contributed by atoms with Crippen LogP contribution in [-0.2, 0) is 6.42 Å². The third-order valence-corrected chi connectivity index (χ3v) is 1.95. The normalized spacial score (nSPS) is 23.2. The molecule has 0 aliphatic heterocycles. The van der Waals surface area contributed by atoms with Crippen LogP contribution in [0, 0.1) is 6.92 Å². The highest BCUT2D eigenvalue weighted by Crippen LogP contribution is 2.35. The molecule has 0 saturated carbocycles. The molecule has 1 aliphatic carbocycles. The number of alkyl halides is 1. The van der Waals surface area contributed by atoms with Crippen molar-refractivity contribution in [1.29, 1.82) is 0 Å². The first-order chi connectivity index (χ1) is 4.79. The van der Waals surface area contributed by atoms with E-state index in [1.807, 2.05) is 6.92 Å². The molecule has 0 amide bonds. The summed E-state index contributed by atoms with van der Waals surface area (Å²) < 4.78 is 17.6. The van der Waals surface area contributed by atoms with Gasteiger partial charge in [-0.25, -0.2) is 4.39 Å². The Hall–Kier alpha value is -0.860. The molecule has 1 aromatic heterocycles. The summed E-state index contributed by atoms with van der Waals surface area (Å²) in [6.07, 6.45) is 0.444. The summed E-state index contributed by atoms with van der Waals surface area (Å²) in [5.74, 6) is 0.456. The molecule has 10 heavy (non-hydrogen) atoms. The average molecular weight is 141 g/mol. The molecule has 0 radical (unpaired) electrons. The molecule has 2 rings (SSSR count). The van der Waals surface area contributed by atoms with E-state index in [1.165, 1.54) is 0 Å². The fraction of sp³-hybridized carbons (Fsp3) is 0.571. The minimum absolute atomic E-state index is 0.456. The Morgan fingerprint density at radius 2 is 2.50 bits per heavy atom. The summed E-state index contributed by atoms with van der Waals surface area (Å²) in [4.78, 5) is 0. The zero-order valence-electron chi connectivity index (χ0n) is 5.72. The second kappa shape index (κ2) is 1.81. The van der Waals surface area contributed by atoms with Crippen LogP contribution in [0.15, 0.2) is 4.52 Å². The maximum absolute atomic E-state index is 12.8. The van der Waals surface area contributed by atoms with Gasteiger partial charge in [-0.05, 0) is 19.8 Å². The van der Waals surface area contributed by atoms with Crippen LogP contribution < -0.4 is 0 Å². The molecule has 2 nitrogen and oxygen atoms in total. The van der Waals surface area contributed by atoms with Crippen molar-refractivity contribution in [3.05, 3.63) is 17.0 Å². The Kier molecular flexibility index (Phi) is 1.07. The fourth-order valence-electron chi connectivity index (χ4n) is 1.36. The zero-order chi connectivity index (χ0) is 7.14. The van der Waals surface area contributed by atoms with Gasteiger partial charge in [-0.3, -0.25) is 0 Å². The first kappa shape index (κ1) is 5.89. The second-order valence-corrected chi connectivity index (χ2v) is 2.62. The summed E-state index contributed by atoms with van der Waals surface area (Å²) in [7, 11) is 0. The topological polar surface area (TPSA) is 26.0 Å². The minimum atomic E-state index is -0.906. The molecule has 0 aromatic carbocycles. The van der Waals surface area contributed by atoms with Crippen molar-refractivity contribution in [3.63, 3.8) is 0 Å². The van der Waals surface area contributed by atoms with Crippen molar-refractivity contribution in [2.45, 2.75) is 25.9 Å².